The van der Waals surface area contributed by atoms with Gasteiger partial charge in [-0.3, -0.25) is 9.59 Å². The average Bonchev–Trinajstić information content (AvgIpc) is 2.69. The number of alkyl halides is 3. The first-order valence-corrected chi connectivity index (χ1v) is 9.33. The predicted molar refractivity (Wildman–Crippen MR) is 101 cm³/mol. The van der Waals surface area contributed by atoms with Crippen molar-refractivity contribution in [2.24, 2.45) is 5.92 Å². The maximum absolute atomic E-state index is 13.7. The Morgan fingerprint density at radius 3 is 2.28 bits per heavy atom. The summed E-state index contributed by atoms with van der Waals surface area (Å²) in [6.45, 7) is 0. The third kappa shape index (κ3) is 5.13. The molecule has 0 radical (unpaired) electrons. The molecule has 0 aliphatic heterocycles. The number of hydrogen-bond donors (Lipinski definition) is 2. The zero-order chi connectivity index (χ0) is 21.0. The lowest BCUT2D eigenvalue weighted by atomic mass is 9.88. The van der Waals surface area contributed by atoms with Gasteiger partial charge in [-0.15, -0.1) is 0 Å². The number of halogens is 4. The van der Waals surface area contributed by atoms with E-state index in [9.17, 15) is 27.2 Å². The SMILES string of the molecule is O=C(Nc1ccc(NC(=O)C2CCCCC2)c(C(F)(F)F)c1)c1ccccc1F. The van der Waals surface area contributed by atoms with Crippen LogP contribution in [0.1, 0.15) is 48.0 Å². The fourth-order valence-corrected chi connectivity index (χ4v) is 3.41. The van der Waals surface area contributed by atoms with Crippen LogP contribution in [0, 0.1) is 11.7 Å². The van der Waals surface area contributed by atoms with E-state index in [1.165, 1.54) is 24.3 Å². The van der Waals surface area contributed by atoms with Crippen LogP contribution in [0.2, 0.25) is 0 Å². The van der Waals surface area contributed by atoms with Crippen molar-refractivity contribution in [1.82, 2.24) is 0 Å². The molecule has 2 N–H and O–H groups in total. The van der Waals surface area contributed by atoms with Crippen molar-refractivity contribution in [2.45, 2.75) is 38.3 Å². The Bertz CT molecular complexity index is 906. The van der Waals surface area contributed by atoms with Crippen molar-refractivity contribution in [3.8, 4) is 0 Å². The minimum Gasteiger partial charge on any atom is -0.325 e. The van der Waals surface area contributed by atoms with Gasteiger partial charge in [0, 0.05) is 11.6 Å². The van der Waals surface area contributed by atoms with Gasteiger partial charge in [-0.1, -0.05) is 31.4 Å². The van der Waals surface area contributed by atoms with Crippen LogP contribution in [0.4, 0.5) is 28.9 Å². The van der Waals surface area contributed by atoms with Crippen LogP contribution in [0.3, 0.4) is 0 Å². The Morgan fingerprint density at radius 2 is 1.62 bits per heavy atom. The summed E-state index contributed by atoms with van der Waals surface area (Å²) in [5, 5.41) is 4.64. The Hall–Kier alpha value is -2.90. The van der Waals surface area contributed by atoms with Gasteiger partial charge >= 0.3 is 6.18 Å². The quantitative estimate of drug-likeness (QED) is 0.646. The van der Waals surface area contributed by atoms with E-state index >= 15 is 0 Å². The topological polar surface area (TPSA) is 58.2 Å². The van der Waals surface area contributed by atoms with Gasteiger partial charge in [-0.05, 0) is 43.2 Å². The minimum atomic E-state index is -4.74. The molecule has 0 atom stereocenters. The molecular formula is C21H20F4N2O2. The first-order valence-electron chi connectivity index (χ1n) is 9.33. The smallest absolute Gasteiger partial charge is 0.325 e. The molecule has 0 bridgehead atoms. The van der Waals surface area contributed by atoms with Gasteiger partial charge in [0.2, 0.25) is 5.91 Å². The summed E-state index contributed by atoms with van der Waals surface area (Å²) >= 11 is 0. The Balaban J connectivity index is 1.81. The number of hydrogen-bond acceptors (Lipinski definition) is 2. The molecular weight excluding hydrogens is 388 g/mol. The molecule has 8 heteroatoms. The molecule has 1 saturated carbocycles. The molecule has 0 unspecified atom stereocenters. The largest absolute Gasteiger partial charge is 0.418 e. The molecule has 154 valence electrons. The van der Waals surface area contributed by atoms with Gasteiger partial charge < -0.3 is 10.6 Å². The number of anilines is 2. The summed E-state index contributed by atoms with van der Waals surface area (Å²) in [5.74, 6) is -2.38. The van der Waals surface area contributed by atoms with Crippen LogP contribution in [0.5, 0.6) is 0 Å². The van der Waals surface area contributed by atoms with Crippen molar-refractivity contribution in [3.63, 3.8) is 0 Å². The zero-order valence-corrected chi connectivity index (χ0v) is 15.5. The van der Waals surface area contributed by atoms with E-state index in [1.54, 1.807) is 0 Å². The van der Waals surface area contributed by atoms with Crippen LogP contribution in [0.25, 0.3) is 0 Å². The van der Waals surface area contributed by atoms with Gasteiger partial charge in [0.25, 0.3) is 5.91 Å². The number of benzene rings is 2. The fraction of sp³-hybridized carbons (Fsp3) is 0.333. The second-order valence-electron chi connectivity index (χ2n) is 7.02. The van der Waals surface area contributed by atoms with Crippen LogP contribution in [-0.2, 0) is 11.0 Å². The average molecular weight is 408 g/mol. The Labute approximate surface area is 165 Å². The zero-order valence-electron chi connectivity index (χ0n) is 15.5. The highest BCUT2D eigenvalue weighted by atomic mass is 19.4. The second kappa shape index (κ2) is 8.63. The monoisotopic (exact) mass is 408 g/mol. The van der Waals surface area contributed by atoms with Gasteiger partial charge in [0.1, 0.15) is 5.82 Å². The number of amides is 2. The highest BCUT2D eigenvalue weighted by molar-refractivity contribution is 6.04. The highest BCUT2D eigenvalue weighted by Crippen LogP contribution is 2.37. The van der Waals surface area contributed by atoms with E-state index in [0.29, 0.717) is 12.8 Å². The molecule has 0 saturated heterocycles. The molecule has 2 amide bonds. The van der Waals surface area contributed by atoms with Gasteiger partial charge in [0.05, 0.1) is 16.8 Å². The summed E-state index contributed by atoms with van der Waals surface area (Å²) in [5.41, 5.74) is -1.87. The molecule has 4 nitrogen and oxygen atoms in total. The van der Waals surface area contributed by atoms with Gasteiger partial charge in [-0.2, -0.15) is 13.2 Å². The van der Waals surface area contributed by atoms with Crippen LogP contribution >= 0.6 is 0 Å². The second-order valence-corrected chi connectivity index (χ2v) is 7.02. The van der Waals surface area contributed by atoms with Crippen molar-refractivity contribution < 1.29 is 27.2 Å². The van der Waals surface area contributed by atoms with E-state index < -0.39 is 29.4 Å². The molecule has 2 aromatic rings. The van der Waals surface area contributed by atoms with Crippen LogP contribution in [0.15, 0.2) is 42.5 Å². The lowest BCUT2D eigenvalue weighted by molar-refractivity contribution is -0.137. The molecule has 29 heavy (non-hydrogen) atoms. The summed E-state index contributed by atoms with van der Waals surface area (Å²) in [4.78, 5) is 24.5. The Kier molecular flexibility index (Phi) is 6.20. The van der Waals surface area contributed by atoms with Crippen molar-refractivity contribution in [2.75, 3.05) is 10.6 Å². The lowest BCUT2D eigenvalue weighted by Gasteiger charge is -2.22. The number of nitrogens with one attached hydrogen (secondary N) is 2. The van der Waals surface area contributed by atoms with E-state index in [-0.39, 0.29) is 22.9 Å². The Morgan fingerprint density at radius 1 is 0.931 bits per heavy atom. The van der Waals surface area contributed by atoms with Crippen molar-refractivity contribution in [1.29, 1.82) is 0 Å². The van der Waals surface area contributed by atoms with Crippen LogP contribution < -0.4 is 10.6 Å². The van der Waals surface area contributed by atoms with E-state index in [2.05, 4.69) is 10.6 Å². The van der Waals surface area contributed by atoms with E-state index in [0.717, 1.165) is 37.5 Å². The van der Waals surface area contributed by atoms with Gasteiger partial charge in [0.15, 0.2) is 0 Å². The molecule has 0 heterocycles. The summed E-state index contributed by atoms with van der Waals surface area (Å²) in [7, 11) is 0. The third-order valence-electron chi connectivity index (χ3n) is 4.94. The van der Waals surface area contributed by atoms with Crippen molar-refractivity contribution >= 4 is 23.2 Å². The molecule has 1 fully saturated rings. The molecule has 3 rings (SSSR count). The fourth-order valence-electron chi connectivity index (χ4n) is 3.41. The first-order chi connectivity index (χ1) is 13.8. The maximum atomic E-state index is 13.7. The third-order valence-corrected chi connectivity index (χ3v) is 4.94. The molecule has 1 aliphatic carbocycles. The normalized spacial score (nSPS) is 15.0. The standard InChI is InChI=1S/C21H20F4N2O2/c22-17-9-5-4-8-15(17)20(29)26-14-10-11-18(16(12-14)21(23,24)25)27-19(28)13-6-2-1-3-7-13/h4-5,8-13H,1-3,6-7H2,(H,26,29)(H,27,28). The summed E-state index contributed by atoms with van der Waals surface area (Å²) in [6.07, 6.45) is -0.647. The predicted octanol–water partition coefficient (Wildman–Crippen LogP) is 5.62. The maximum Gasteiger partial charge on any atom is 0.418 e. The first kappa shape index (κ1) is 20.8. The van der Waals surface area contributed by atoms with E-state index in [1.807, 2.05) is 0 Å². The highest BCUT2D eigenvalue weighted by Gasteiger charge is 2.35. The summed E-state index contributed by atoms with van der Waals surface area (Å²) in [6, 6.07) is 8.23. The number of rotatable bonds is 4. The molecule has 1 aliphatic rings. The van der Waals surface area contributed by atoms with E-state index in [4.69, 9.17) is 0 Å². The van der Waals surface area contributed by atoms with Crippen LogP contribution in [-0.4, -0.2) is 11.8 Å². The number of carbonyl (C=O) groups excluding carboxylic acids is 2. The lowest BCUT2D eigenvalue weighted by Crippen LogP contribution is -2.26. The number of carbonyl (C=O) groups is 2. The van der Waals surface area contributed by atoms with Gasteiger partial charge in [-0.25, -0.2) is 4.39 Å². The molecule has 2 aromatic carbocycles. The minimum absolute atomic E-state index is 0.152. The molecule has 0 aromatic heterocycles. The summed E-state index contributed by atoms with van der Waals surface area (Å²) < 4.78 is 54.3. The molecule has 0 spiro atoms. The van der Waals surface area contributed by atoms with Crippen molar-refractivity contribution in [3.05, 3.63) is 59.4 Å².